The smallest absolute Gasteiger partial charge is 0.306 e. The lowest BCUT2D eigenvalue weighted by molar-refractivity contribution is -0.297. The third kappa shape index (κ3) is 26.8. The van der Waals surface area contributed by atoms with Gasteiger partial charge in [0.1, 0.15) is 36.8 Å². The van der Waals surface area contributed by atoms with Crippen LogP contribution in [-0.4, -0.2) is 96.0 Å². The molecule has 1 saturated heterocycles. The molecule has 0 aromatic carbocycles. The van der Waals surface area contributed by atoms with Crippen molar-refractivity contribution < 1.29 is 56.8 Å². The first-order valence-electron chi connectivity index (χ1n) is 20.7. The fourth-order valence-corrected chi connectivity index (χ4v) is 7.01. The zero-order chi connectivity index (χ0) is 39.2. The maximum atomic E-state index is 12.7. The predicted octanol–water partition coefficient (Wildman–Crippen LogP) is 7.50. The lowest BCUT2D eigenvalue weighted by Crippen LogP contribution is -2.60. The number of hydrogen-bond donors (Lipinski definition) is 4. The van der Waals surface area contributed by atoms with Crippen LogP contribution in [0.15, 0.2) is 12.2 Å². The number of aliphatic hydroxyl groups excluding tert-OH is 3. The fourth-order valence-electron chi connectivity index (χ4n) is 6.32. The Morgan fingerprint density at radius 2 is 1.08 bits per heavy atom. The first-order valence-corrected chi connectivity index (χ1v) is 22.4. The molecule has 0 aliphatic carbocycles. The Morgan fingerprint density at radius 3 is 1.58 bits per heavy atom. The molecule has 312 valence electrons. The number of esters is 2. The lowest BCUT2D eigenvalue weighted by Gasteiger charge is -2.40. The van der Waals surface area contributed by atoms with Gasteiger partial charge in [-0.15, -0.1) is 0 Å². The van der Waals surface area contributed by atoms with Gasteiger partial charge in [0.15, 0.2) is 12.4 Å². The molecule has 2 unspecified atom stereocenters. The molecule has 0 radical (unpaired) electrons. The molecule has 1 heterocycles. The van der Waals surface area contributed by atoms with Crippen LogP contribution < -0.4 is 0 Å². The van der Waals surface area contributed by atoms with E-state index in [1.54, 1.807) is 0 Å². The van der Waals surface area contributed by atoms with Crippen molar-refractivity contribution in [1.82, 2.24) is 0 Å². The van der Waals surface area contributed by atoms with Crippen molar-refractivity contribution in [2.24, 2.45) is 0 Å². The third-order valence-corrected chi connectivity index (χ3v) is 10.3. The molecular weight excluding hydrogens is 704 g/mol. The quantitative estimate of drug-likeness (QED) is 0.0219. The van der Waals surface area contributed by atoms with Gasteiger partial charge in [-0.1, -0.05) is 135 Å². The van der Waals surface area contributed by atoms with Gasteiger partial charge in [-0.3, -0.25) is 14.1 Å². The van der Waals surface area contributed by atoms with E-state index in [9.17, 15) is 37.9 Å². The molecule has 4 N–H and O–H groups in total. The molecule has 6 atom stereocenters. The van der Waals surface area contributed by atoms with Crippen molar-refractivity contribution in [1.29, 1.82) is 0 Å². The second kappa shape index (κ2) is 31.6. The van der Waals surface area contributed by atoms with Gasteiger partial charge in [0, 0.05) is 12.8 Å². The summed E-state index contributed by atoms with van der Waals surface area (Å²) in [5, 5.41) is 30.8. The SMILES string of the molecule is CCCCCCCCCC/C=C/CCCCCC(=O)OC[C@H](CO[C@H]1O[C@H](CS(=O)(=O)O)[C@@H](O)C(O)C1O)OC(=O)CCCCCCCCCCCC. The maximum absolute atomic E-state index is 12.7. The molecule has 12 nitrogen and oxygen atoms in total. The Labute approximate surface area is 320 Å². The number of ether oxygens (including phenoxy) is 4. The molecule has 53 heavy (non-hydrogen) atoms. The fraction of sp³-hybridized carbons (Fsp3) is 0.900. The number of carbonyl (C=O) groups is 2. The molecular formula is C40H74O12S. The molecule has 13 heteroatoms. The topological polar surface area (TPSA) is 186 Å². The summed E-state index contributed by atoms with van der Waals surface area (Å²) in [4.78, 5) is 25.2. The largest absolute Gasteiger partial charge is 0.462 e. The number of allylic oxidation sites excluding steroid dienone is 2. The summed E-state index contributed by atoms with van der Waals surface area (Å²) in [6.45, 7) is 3.71. The van der Waals surface area contributed by atoms with E-state index in [0.29, 0.717) is 12.8 Å². The molecule has 0 aromatic heterocycles. The van der Waals surface area contributed by atoms with Gasteiger partial charge in [0.2, 0.25) is 0 Å². The summed E-state index contributed by atoms with van der Waals surface area (Å²) in [6.07, 6.45) is 21.3. The van der Waals surface area contributed by atoms with Crippen LogP contribution in [0, 0.1) is 0 Å². The Kier molecular flexibility index (Phi) is 29.4. The van der Waals surface area contributed by atoms with Crippen LogP contribution in [0.5, 0.6) is 0 Å². The van der Waals surface area contributed by atoms with E-state index in [4.69, 9.17) is 18.9 Å². The van der Waals surface area contributed by atoms with E-state index in [0.717, 1.165) is 44.9 Å². The van der Waals surface area contributed by atoms with Crippen LogP contribution in [0.25, 0.3) is 0 Å². The van der Waals surface area contributed by atoms with Crippen molar-refractivity contribution in [3.63, 3.8) is 0 Å². The van der Waals surface area contributed by atoms with Gasteiger partial charge in [-0.25, -0.2) is 0 Å². The van der Waals surface area contributed by atoms with Crippen molar-refractivity contribution in [2.75, 3.05) is 19.0 Å². The molecule has 0 bridgehead atoms. The minimum absolute atomic E-state index is 0.165. The summed E-state index contributed by atoms with van der Waals surface area (Å²) in [7, 11) is -4.59. The van der Waals surface area contributed by atoms with Gasteiger partial charge < -0.3 is 34.3 Å². The zero-order valence-electron chi connectivity index (χ0n) is 32.9. The van der Waals surface area contributed by atoms with Gasteiger partial charge >= 0.3 is 11.9 Å². The van der Waals surface area contributed by atoms with E-state index in [1.807, 2.05) is 0 Å². The highest BCUT2D eigenvalue weighted by molar-refractivity contribution is 7.85. The summed E-state index contributed by atoms with van der Waals surface area (Å²) >= 11 is 0. The molecule has 1 aliphatic rings. The number of hydrogen-bond acceptors (Lipinski definition) is 11. The van der Waals surface area contributed by atoms with Crippen molar-refractivity contribution >= 4 is 22.1 Å². The highest BCUT2D eigenvalue weighted by Gasteiger charge is 2.46. The predicted molar refractivity (Wildman–Crippen MR) is 206 cm³/mol. The van der Waals surface area contributed by atoms with E-state index in [-0.39, 0.29) is 19.4 Å². The van der Waals surface area contributed by atoms with Gasteiger partial charge in [-0.05, 0) is 38.5 Å². The molecule has 0 aromatic rings. The highest BCUT2D eigenvalue weighted by atomic mass is 32.2. The summed E-state index contributed by atoms with van der Waals surface area (Å²) in [6, 6.07) is 0. The zero-order valence-corrected chi connectivity index (χ0v) is 33.7. The molecule has 0 spiro atoms. The van der Waals surface area contributed by atoms with Gasteiger partial charge in [0.25, 0.3) is 10.1 Å². The third-order valence-electron chi connectivity index (χ3n) is 9.60. The Morgan fingerprint density at radius 1 is 0.623 bits per heavy atom. The number of aliphatic hydroxyl groups is 3. The molecule has 1 aliphatic heterocycles. The minimum Gasteiger partial charge on any atom is -0.462 e. The van der Waals surface area contributed by atoms with E-state index < -0.39 is 71.2 Å². The first-order chi connectivity index (χ1) is 25.5. The van der Waals surface area contributed by atoms with Gasteiger partial charge in [0.05, 0.1) is 6.61 Å². The highest BCUT2D eigenvalue weighted by Crippen LogP contribution is 2.24. The summed E-state index contributed by atoms with van der Waals surface area (Å²) in [5.41, 5.74) is 0. The van der Waals surface area contributed by atoms with Crippen LogP contribution in [0.4, 0.5) is 0 Å². The van der Waals surface area contributed by atoms with E-state index in [2.05, 4.69) is 26.0 Å². The molecule has 1 fully saturated rings. The van der Waals surface area contributed by atoms with E-state index >= 15 is 0 Å². The molecule has 1 rings (SSSR count). The average molecular weight is 779 g/mol. The molecule has 0 saturated carbocycles. The van der Waals surface area contributed by atoms with Crippen LogP contribution in [0.2, 0.25) is 0 Å². The van der Waals surface area contributed by atoms with Crippen LogP contribution in [-0.2, 0) is 38.7 Å². The van der Waals surface area contributed by atoms with Crippen molar-refractivity contribution in [2.45, 2.75) is 211 Å². The summed E-state index contributed by atoms with van der Waals surface area (Å²) in [5.74, 6) is -2.00. The monoisotopic (exact) mass is 778 g/mol. The van der Waals surface area contributed by atoms with Gasteiger partial charge in [-0.2, -0.15) is 8.42 Å². The normalized spacial score (nSPS) is 21.2. The van der Waals surface area contributed by atoms with Crippen LogP contribution in [0.1, 0.15) is 174 Å². The Bertz CT molecular complexity index is 1050. The lowest BCUT2D eigenvalue weighted by atomic mass is 10.00. The summed E-state index contributed by atoms with van der Waals surface area (Å²) < 4.78 is 53.8. The van der Waals surface area contributed by atoms with Crippen LogP contribution >= 0.6 is 0 Å². The Balaban J connectivity index is 2.48. The Hall–Kier alpha value is -1.61. The number of carbonyl (C=O) groups excluding carboxylic acids is 2. The molecule has 0 amide bonds. The maximum Gasteiger partial charge on any atom is 0.306 e. The first kappa shape index (κ1) is 49.4. The average Bonchev–Trinajstić information content (AvgIpc) is 3.12. The standard InChI is InChI=1S/C40H74O12S/c1-3-5-7-9-11-13-15-16-17-18-19-21-22-24-26-28-35(41)49-30-33(51-36(42)29-27-25-23-20-14-12-10-8-6-4-2)31-50-40-39(45)38(44)37(43)34(52-40)32-53(46,47)48/h18-19,33-34,37-40,43-45H,3-17,20-32H2,1-2H3,(H,46,47,48)/b19-18+/t33-,34-,37-,38?,39?,40+/m1/s1. The minimum atomic E-state index is -4.59. The van der Waals surface area contributed by atoms with E-state index in [1.165, 1.54) is 89.9 Å². The number of rotatable bonds is 34. The van der Waals surface area contributed by atoms with Crippen molar-refractivity contribution in [3.05, 3.63) is 12.2 Å². The van der Waals surface area contributed by atoms with Crippen molar-refractivity contribution in [3.8, 4) is 0 Å². The number of unbranched alkanes of at least 4 members (excludes halogenated alkanes) is 20. The second-order valence-corrected chi connectivity index (χ2v) is 16.2. The van der Waals surface area contributed by atoms with Crippen LogP contribution in [0.3, 0.4) is 0 Å². The second-order valence-electron chi connectivity index (χ2n) is 14.7.